The number of benzene rings is 1. The van der Waals surface area contributed by atoms with Crippen LogP contribution in [-0.2, 0) is 20.7 Å². The number of hydrogen-bond donors (Lipinski definition) is 2. The molecule has 0 aliphatic heterocycles. The molecular weight excluding hydrogens is 400 g/mol. The van der Waals surface area contributed by atoms with E-state index in [2.05, 4.69) is 10.3 Å². The summed E-state index contributed by atoms with van der Waals surface area (Å²) in [6, 6.07) is 9.69. The van der Waals surface area contributed by atoms with E-state index >= 15 is 0 Å². The van der Waals surface area contributed by atoms with Gasteiger partial charge < -0.3 is 24.7 Å². The predicted molar refractivity (Wildman–Crippen MR) is 114 cm³/mol. The van der Waals surface area contributed by atoms with Gasteiger partial charge in [0.1, 0.15) is 30.3 Å². The van der Waals surface area contributed by atoms with Gasteiger partial charge in [0.2, 0.25) is 0 Å². The molecule has 3 atom stereocenters. The van der Waals surface area contributed by atoms with Crippen LogP contribution in [0.4, 0.5) is 0 Å². The number of amides is 1. The van der Waals surface area contributed by atoms with Gasteiger partial charge in [0.25, 0.3) is 5.91 Å². The first kappa shape index (κ1) is 23.9. The number of pyridine rings is 1. The van der Waals surface area contributed by atoms with Crippen LogP contribution in [0.3, 0.4) is 0 Å². The summed E-state index contributed by atoms with van der Waals surface area (Å²) in [7, 11) is 0. The lowest BCUT2D eigenvalue weighted by molar-refractivity contribution is -0.155. The zero-order chi connectivity index (χ0) is 23.0. The smallest absolute Gasteiger partial charge is 0.328 e. The zero-order valence-corrected chi connectivity index (χ0v) is 18.1. The van der Waals surface area contributed by atoms with Crippen LogP contribution >= 0.6 is 0 Å². The summed E-state index contributed by atoms with van der Waals surface area (Å²) in [5.41, 5.74) is 0.0105. The number of aldehydes is 1. The molecule has 1 aromatic carbocycles. The second-order valence-electron chi connectivity index (χ2n) is 7.51. The van der Waals surface area contributed by atoms with Crippen molar-refractivity contribution in [2.24, 2.45) is 5.92 Å². The van der Waals surface area contributed by atoms with Crippen molar-refractivity contribution in [3.63, 3.8) is 0 Å². The summed E-state index contributed by atoms with van der Waals surface area (Å²) in [5.74, 6) is -1.05. The van der Waals surface area contributed by atoms with Crippen molar-refractivity contribution in [3.05, 3.63) is 53.9 Å². The maximum absolute atomic E-state index is 12.5. The number of aromatic nitrogens is 1. The fraction of sp³-hybridized carbons (Fsp3) is 0.391. The number of carbonyl (C=O) groups is 3. The highest BCUT2D eigenvalue weighted by molar-refractivity contribution is 5.97. The Labute approximate surface area is 181 Å². The van der Waals surface area contributed by atoms with E-state index < -0.39 is 29.8 Å². The molecule has 0 aliphatic carbocycles. The largest absolute Gasteiger partial charge is 0.505 e. The molecule has 2 rings (SSSR count). The second-order valence-corrected chi connectivity index (χ2v) is 7.51. The summed E-state index contributed by atoms with van der Waals surface area (Å²) in [5, 5.41) is 12.6. The minimum absolute atomic E-state index is 0.0538. The van der Waals surface area contributed by atoms with Crippen molar-refractivity contribution < 1.29 is 29.0 Å². The Balaban J connectivity index is 2.01. The van der Waals surface area contributed by atoms with Gasteiger partial charge in [0, 0.05) is 18.2 Å². The lowest BCUT2D eigenvalue weighted by Gasteiger charge is -2.29. The SMILES string of the molecule is CC(C)C(Oc1ccccc1)C(C)OC(=O)[C@H](C)NC(=O)c1nccc(CC=O)c1O. The van der Waals surface area contributed by atoms with E-state index in [1.54, 1.807) is 6.92 Å². The van der Waals surface area contributed by atoms with Crippen molar-refractivity contribution in [2.45, 2.75) is 52.4 Å². The van der Waals surface area contributed by atoms with Gasteiger partial charge in [-0.2, -0.15) is 0 Å². The number of para-hydroxylation sites is 1. The Hall–Kier alpha value is -3.42. The lowest BCUT2D eigenvalue weighted by Crippen LogP contribution is -2.44. The topological polar surface area (TPSA) is 115 Å². The third kappa shape index (κ3) is 6.53. The molecule has 0 saturated carbocycles. The van der Waals surface area contributed by atoms with Gasteiger partial charge in [-0.1, -0.05) is 32.0 Å². The van der Waals surface area contributed by atoms with Gasteiger partial charge >= 0.3 is 5.97 Å². The predicted octanol–water partition coefficient (Wildman–Crippen LogP) is 2.68. The molecule has 31 heavy (non-hydrogen) atoms. The standard InChI is InChI=1S/C23H28N2O6/c1-14(2)21(31-18-8-6-5-7-9-18)16(4)30-23(29)15(3)25-22(28)19-20(27)17(11-13-26)10-12-24-19/h5-10,12-16,21,27H,11H2,1-4H3,(H,25,28)/t15-,16?,21?/m0/s1. The average molecular weight is 428 g/mol. The highest BCUT2D eigenvalue weighted by atomic mass is 16.6. The van der Waals surface area contributed by atoms with Gasteiger partial charge in [-0.3, -0.25) is 4.79 Å². The van der Waals surface area contributed by atoms with Gasteiger partial charge in [-0.15, -0.1) is 0 Å². The van der Waals surface area contributed by atoms with Crippen molar-refractivity contribution in [2.75, 3.05) is 0 Å². The Morgan fingerprint density at radius 1 is 1.13 bits per heavy atom. The monoisotopic (exact) mass is 428 g/mol. The third-order valence-electron chi connectivity index (χ3n) is 4.66. The summed E-state index contributed by atoms with van der Waals surface area (Å²) < 4.78 is 11.5. The number of carbonyl (C=O) groups excluding carboxylic acids is 3. The molecule has 1 aromatic heterocycles. The maximum atomic E-state index is 12.5. The molecule has 0 bridgehead atoms. The molecule has 1 amide bonds. The van der Waals surface area contributed by atoms with Gasteiger partial charge in [0.05, 0.1) is 0 Å². The van der Waals surface area contributed by atoms with Crippen LogP contribution in [0.15, 0.2) is 42.6 Å². The summed E-state index contributed by atoms with van der Waals surface area (Å²) in [6.45, 7) is 7.13. The number of aromatic hydroxyl groups is 1. The first-order valence-corrected chi connectivity index (χ1v) is 10.1. The van der Waals surface area contributed by atoms with Gasteiger partial charge in [-0.05, 0) is 38.0 Å². The third-order valence-corrected chi connectivity index (χ3v) is 4.66. The molecular formula is C23H28N2O6. The molecule has 2 aromatic rings. The van der Waals surface area contributed by atoms with Crippen LogP contribution in [0.1, 0.15) is 43.7 Å². The Bertz CT molecular complexity index is 900. The van der Waals surface area contributed by atoms with Crippen molar-refractivity contribution in [1.82, 2.24) is 10.3 Å². The number of ether oxygens (including phenoxy) is 2. The number of nitrogens with one attached hydrogen (secondary N) is 1. The molecule has 1 heterocycles. The minimum Gasteiger partial charge on any atom is -0.505 e. The van der Waals surface area contributed by atoms with E-state index in [0.717, 1.165) is 0 Å². The Kier molecular flexibility index (Phi) is 8.54. The summed E-state index contributed by atoms with van der Waals surface area (Å²) >= 11 is 0. The van der Waals surface area contributed by atoms with Crippen LogP contribution < -0.4 is 10.1 Å². The van der Waals surface area contributed by atoms with Crippen molar-refractivity contribution in [1.29, 1.82) is 0 Å². The number of rotatable bonds is 10. The highest BCUT2D eigenvalue weighted by Crippen LogP contribution is 2.21. The second kappa shape index (κ2) is 11.1. The highest BCUT2D eigenvalue weighted by Gasteiger charge is 2.29. The van der Waals surface area contributed by atoms with Gasteiger partial charge in [0.15, 0.2) is 11.4 Å². The van der Waals surface area contributed by atoms with E-state index in [1.807, 2.05) is 44.2 Å². The fourth-order valence-corrected chi connectivity index (χ4v) is 3.02. The maximum Gasteiger partial charge on any atom is 0.328 e. The number of nitrogens with zero attached hydrogens (tertiary/aromatic N) is 1. The number of hydrogen-bond acceptors (Lipinski definition) is 7. The summed E-state index contributed by atoms with van der Waals surface area (Å²) in [6.07, 6.45) is 0.907. The number of esters is 1. The van der Waals surface area contributed by atoms with E-state index in [4.69, 9.17) is 9.47 Å². The van der Waals surface area contributed by atoms with E-state index in [0.29, 0.717) is 12.0 Å². The van der Waals surface area contributed by atoms with Crippen molar-refractivity contribution >= 4 is 18.2 Å². The van der Waals surface area contributed by atoms with Crippen LogP contribution in [0.2, 0.25) is 0 Å². The first-order chi connectivity index (χ1) is 14.7. The Morgan fingerprint density at radius 3 is 2.42 bits per heavy atom. The molecule has 0 spiro atoms. The minimum atomic E-state index is -0.990. The van der Waals surface area contributed by atoms with E-state index in [9.17, 15) is 19.5 Å². The average Bonchev–Trinajstić information content (AvgIpc) is 2.73. The zero-order valence-electron chi connectivity index (χ0n) is 18.1. The lowest BCUT2D eigenvalue weighted by atomic mass is 10.0. The van der Waals surface area contributed by atoms with Crippen LogP contribution in [-0.4, -0.2) is 46.5 Å². The van der Waals surface area contributed by atoms with Crippen molar-refractivity contribution in [3.8, 4) is 11.5 Å². The molecule has 0 fully saturated rings. The van der Waals surface area contributed by atoms with Crippen LogP contribution in [0, 0.1) is 5.92 Å². The van der Waals surface area contributed by atoms with E-state index in [1.165, 1.54) is 19.2 Å². The molecule has 8 nitrogen and oxygen atoms in total. The molecule has 2 N–H and O–H groups in total. The molecule has 0 saturated heterocycles. The molecule has 8 heteroatoms. The Morgan fingerprint density at radius 2 is 1.81 bits per heavy atom. The van der Waals surface area contributed by atoms with Crippen LogP contribution in [0.25, 0.3) is 0 Å². The van der Waals surface area contributed by atoms with Crippen LogP contribution in [0.5, 0.6) is 11.5 Å². The molecule has 2 unspecified atom stereocenters. The normalized spacial score (nSPS) is 13.7. The van der Waals surface area contributed by atoms with Gasteiger partial charge in [-0.25, -0.2) is 9.78 Å². The molecule has 166 valence electrons. The van der Waals surface area contributed by atoms with E-state index in [-0.39, 0.29) is 29.7 Å². The quantitative estimate of drug-likeness (QED) is 0.442. The molecule has 0 aliphatic rings. The summed E-state index contributed by atoms with van der Waals surface area (Å²) in [4.78, 5) is 39.5. The first-order valence-electron chi connectivity index (χ1n) is 10.1. The molecule has 0 radical (unpaired) electrons. The fourth-order valence-electron chi connectivity index (χ4n) is 3.02.